The minimum atomic E-state index is -0.441. The van der Waals surface area contributed by atoms with Gasteiger partial charge in [0, 0.05) is 5.69 Å². The predicted molar refractivity (Wildman–Crippen MR) is 108 cm³/mol. The number of nitrogens with zero attached hydrogens (tertiary/aromatic N) is 1. The van der Waals surface area contributed by atoms with E-state index in [4.69, 9.17) is 0 Å². The van der Waals surface area contributed by atoms with Crippen molar-refractivity contribution in [3.63, 3.8) is 0 Å². The van der Waals surface area contributed by atoms with Crippen molar-refractivity contribution in [1.29, 1.82) is 0 Å². The van der Waals surface area contributed by atoms with Crippen LogP contribution in [0.25, 0.3) is 6.08 Å². The maximum absolute atomic E-state index is 12.5. The summed E-state index contributed by atoms with van der Waals surface area (Å²) < 4.78 is 0. The van der Waals surface area contributed by atoms with E-state index in [0.717, 1.165) is 34.2 Å². The first-order valence-electron chi connectivity index (χ1n) is 8.67. The lowest BCUT2D eigenvalue weighted by molar-refractivity contribution is -0.127. The fraction of sp³-hybridized carbons (Fsp3) is 0.190. The van der Waals surface area contributed by atoms with E-state index in [1.165, 1.54) is 5.56 Å². The highest BCUT2D eigenvalue weighted by molar-refractivity contribution is 8.18. The molecule has 0 saturated carbocycles. The first kappa shape index (κ1) is 18.9. The molecule has 1 fully saturated rings. The molecule has 1 heterocycles. The van der Waals surface area contributed by atoms with Crippen LogP contribution in [0, 0.1) is 6.92 Å². The van der Waals surface area contributed by atoms with Gasteiger partial charge in [-0.15, -0.1) is 0 Å². The Morgan fingerprint density at radius 2 is 1.89 bits per heavy atom. The van der Waals surface area contributed by atoms with Gasteiger partial charge in [-0.05, 0) is 60.0 Å². The van der Waals surface area contributed by atoms with Crippen LogP contribution in [0.3, 0.4) is 0 Å². The molecule has 1 N–H and O–H groups in total. The molecule has 1 aliphatic heterocycles. The summed E-state index contributed by atoms with van der Waals surface area (Å²) in [4.78, 5) is 38.2. The molecule has 2 aromatic rings. The van der Waals surface area contributed by atoms with E-state index in [1.807, 2.05) is 49.4 Å². The lowest BCUT2D eigenvalue weighted by Crippen LogP contribution is -2.36. The highest BCUT2D eigenvalue weighted by atomic mass is 32.2. The maximum atomic E-state index is 12.5. The van der Waals surface area contributed by atoms with Crippen molar-refractivity contribution in [2.24, 2.45) is 0 Å². The largest absolute Gasteiger partial charge is 0.325 e. The summed E-state index contributed by atoms with van der Waals surface area (Å²) in [5.74, 6) is -0.847. The summed E-state index contributed by atoms with van der Waals surface area (Å²) in [6, 6.07) is 15.1. The van der Waals surface area contributed by atoms with E-state index in [1.54, 1.807) is 12.1 Å². The van der Waals surface area contributed by atoms with Crippen molar-refractivity contribution in [3.8, 4) is 0 Å². The second kappa shape index (κ2) is 8.22. The third-order valence-corrected chi connectivity index (χ3v) is 5.07. The molecule has 0 unspecified atom stereocenters. The molecule has 3 amide bonds. The number of carbonyl (C=O) groups is 3. The number of carbonyl (C=O) groups excluding carboxylic acids is 3. The molecule has 3 rings (SSSR count). The normalized spacial score (nSPS) is 15.5. The fourth-order valence-electron chi connectivity index (χ4n) is 2.70. The summed E-state index contributed by atoms with van der Waals surface area (Å²) in [6.07, 6.45) is 2.62. The van der Waals surface area contributed by atoms with E-state index in [9.17, 15) is 14.4 Å². The number of amides is 3. The number of hydrogen-bond donors (Lipinski definition) is 1. The molecule has 0 aliphatic carbocycles. The number of anilines is 1. The van der Waals surface area contributed by atoms with Crippen molar-refractivity contribution >= 4 is 40.6 Å². The predicted octanol–water partition coefficient (Wildman–Crippen LogP) is 4.23. The van der Waals surface area contributed by atoms with Crippen molar-refractivity contribution in [2.45, 2.75) is 20.3 Å². The molecule has 6 heteroatoms. The summed E-state index contributed by atoms with van der Waals surface area (Å²) >= 11 is 0.856. The zero-order valence-corrected chi connectivity index (χ0v) is 16.0. The third kappa shape index (κ3) is 4.65. The Hall–Kier alpha value is -2.86. The van der Waals surface area contributed by atoms with Crippen LogP contribution in [-0.2, 0) is 16.0 Å². The van der Waals surface area contributed by atoms with Crippen LogP contribution < -0.4 is 5.32 Å². The fourth-order valence-corrected chi connectivity index (χ4v) is 3.54. The lowest BCUT2D eigenvalue weighted by Gasteiger charge is -2.12. The zero-order chi connectivity index (χ0) is 19.4. The van der Waals surface area contributed by atoms with E-state index >= 15 is 0 Å². The van der Waals surface area contributed by atoms with Crippen molar-refractivity contribution in [1.82, 2.24) is 4.90 Å². The molecule has 5 nitrogen and oxygen atoms in total. The first-order chi connectivity index (χ1) is 13.0. The van der Waals surface area contributed by atoms with Crippen LogP contribution in [0.15, 0.2) is 53.4 Å². The second-order valence-corrected chi connectivity index (χ2v) is 7.27. The molecule has 2 aromatic carbocycles. The first-order valence-corrected chi connectivity index (χ1v) is 9.48. The number of nitrogens with one attached hydrogen (secondary N) is 1. The molecule has 138 valence electrons. The van der Waals surface area contributed by atoms with Gasteiger partial charge >= 0.3 is 0 Å². The Kier molecular flexibility index (Phi) is 5.76. The van der Waals surface area contributed by atoms with Gasteiger partial charge in [-0.25, -0.2) is 0 Å². The molecule has 0 aromatic heterocycles. The molecule has 1 aliphatic rings. The zero-order valence-electron chi connectivity index (χ0n) is 15.2. The quantitative estimate of drug-likeness (QED) is 0.788. The molecule has 0 atom stereocenters. The molecule has 1 saturated heterocycles. The van der Waals surface area contributed by atoms with Crippen LogP contribution in [0.5, 0.6) is 0 Å². The van der Waals surface area contributed by atoms with Crippen molar-refractivity contribution in [2.75, 3.05) is 11.9 Å². The molecule has 0 radical (unpaired) electrons. The minimum Gasteiger partial charge on any atom is -0.325 e. The highest BCUT2D eigenvalue weighted by Crippen LogP contribution is 2.32. The van der Waals surface area contributed by atoms with Gasteiger partial charge in [0.2, 0.25) is 5.91 Å². The third-order valence-electron chi connectivity index (χ3n) is 4.16. The van der Waals surface area contributed by atoms with Crippen LogP contribution >= 0.6 is 11.8 Å². The van der Waals surface area contributed by atoms with Gasteiger partial charge in [0.15, 0.2) is 0 Å². The van der Waals surface area contributed by atoms with E-state index in [0.29, 0.717) is 10.6 Å². The summed E-state index contributed by atoms with van der Waals surface area (Å²) in [5, 5.41) is 2.28. The smallest absolute Gasteiger partial charge is 0.294 e. The van der Waals surface area contributed by atoms with E-state index in [2.05, 4.69) is 12.2 Å². The van der Waals surface area contributed by atoms with Crippen molar-refractivity contribution in [3.05, 3.63) is 70.1 Å². The van der Waals surface area contributed by atoms with Gasteiger partial charge in [0.1, 0.15) is 6.54 Å². The standard InChI is InChI=1S/C21H20N2O3S/c1-3-15-7-9-16(10-8-15)12-18-20(25)23(21(26)27-18)13-19(24)22-17-6-4-5-14(2)11-17/h4-12H,3,13H2,1-2H3,(H,22,24)/b18-12+. The maximum Gasteiger partial charge on any atom is 0.294 e. The van der Waals surface area contributed by atoms with Gasteiger partial charge in [0.05, 0.1) is 4.91 Å². The van der Waals surface area contributed by atoms with Crippen LogP contribution in [0.1, 0.15) is 23.6 Å². The Morgan fingerprint density at radius 1 is 1.15 bits per heavy atom. The highest BCUT2D eigenvalue weighted by Gasteiger charge is 2.36. The number of hydrogen-bond acceptors (Lipinski definition) is 4. The van der Waals surface area contributed by atoms with E-state index < -0.39 is 17.1 Å². The van der Waals surface area contributed by atoms with Gasteiger partial charge in [-0.1, -0.05) is 43.3 Å². The van der Waals surface area contributed by atoms with E-state index in [-0.39, 0.29) is 6.54 Å². The number of thioether (sulfide) groups is 1. The lowest BCUT2D eigenvalue weighted by atomic mass is 10.1. The topological polar surface area (TPSA) is 66.5 Å². The molecular weight excluding hydrogens is 360 g/mol. The average Bonchev–Trinajstić information content (AvgIpc) is 2.90. The summed E-state index contributed by atoms with van der Waals surface area (Å²) in [6.45, 7) is 3.69. The molecular formula is C21H20N2O3S. The Labute approximate surface area is 162 Å². The van der Waals surface area contributed by atoms with Gasteiger partial charge < -0.3 is 5.32 Å². The number of aryl methyl sites for hydroxylation is 2. The summed E-state index contributed by atoms with van der Waals surface area (Å²) in [7, 11) is 0. The number of benzene rings is 2. The molecule has 0 bridgehead atoms. The molecule has 27 heavy (non-hydrogen) atoms. The minimum absolute atomic E-state index is 0.301. The molecule has 0 spiro atoms. The van der Waals surface area contributed by atoms with Gasteiger partial charge in [0.25, 0.3) is 11.1 Å². The van der Waals surface area contributed by atoms with Crippen LogP contribution in [0.4, 0.5) is 10.5 Å². The average molecular weight is 380 g/mol. The van der Waals surface area contributed by atoms with Crippen LogP contribution in [0.2, 0.25) is 0 Å². The Morgan fingerprint density at radius 3 is 2.56 bits per heavy atom. The Bertz CT molecular complexity index is 919. The van der Waals surface area contributed by atoms with Crippen LogP contribution in [-0.4, -0.2) is 28.5 Å². The number of imide groups is 1. The van der Waals surface area contributed by atoms with Crippen molar-refractivity contribution < 1.29 is 14.4 Å². The number of rotatable bonds is 5. The summed E-state index contributed by atoms with van der Waals surface area (Å²) in [5.41, 5.74) is 3.70. The van der Waals surface area contributed by atoms with Gasteiger partial charge in [-0.3, -0.25) is 19.3 Å². The monoisotopic (exact) mass is 380 g/mol. The SMILES string of the molecule is CCc1ccc(/C=C2/SC(=O)N(CC(=O)Nc3cccc(C)c3)C2=O)cc1. The van der Waals surface area contributed by atoms with Gasteiger partial charge in [-0.2, -0.15) is 0 Å². The Balaban J connectivity index is 1.68. The second-order valence-electron chi connectivity index (χ2n) is 6.28.